The van der Waals surface area contributed by atoms with Crippen LogP contribution in [-0.4, -0.2) is 6.72 Å². The molecule has 0 spiro atoms. The van der Waals surface area contributed by atoms with Crippen molar-refractivity contribution < 1.29 is 0 Å². The SMILES string of the molecule is [B]=S=S=S=S=S. The van der Waals surface area contributed by atoms with Gasteiger partial charge in [-0.3, -0.25) is 0 Å². The van der Waals surface area contributed by atoms with Gasteiger partial charge in [0.25, 0.3) is 0 Å². The van der Waals surface area contributed by atoms with Crippen molar-refractivity contribution in [3.05, 3.63) is 0 Å². The van der Waals surface area contributed by atoms with Crippen LogP contribution < -0.4 is 0 Å². The van der Waals surface area contributed by atoms with Crippen LogP contribution in [0.2, 0.25) is 0 Å². The Kier molecular flexibility index (Phi) is 7.36. The van der Waals surface area contributed by atoms with E-state index in [9.17, 15) is 0 Å². The van der Waals surface area contributed by atoms with Gasteiger partial charge in [-0.15, -0.1) is 0 Å². The molecule has 0 aliphatic heterocycles. The van der Waals surface area contributed by atoms with E-state index in [4.69, 9.17) is 6.72 Å². The van der Waals surface area contributed by atoms with E-state index in [0.29, 0.717) is 0 Å². The van der Waals surface area contributed by atoms with Gasteiger partial charge in [-0.2, -0.15) is 0 Å². The predicted molar refractivity (Wildman–Crippen MR) is 42.6 cm³/mol. The summed E-state index contributed by atoms with van der Waals surface area (Å²) in [5, 5.41) is 0. The summed E-state index contributed by atoms with van der Waals surface area (Å²) in [5.74, 6) is 0. The topological polar surface area (TPSA) is 0 Å². The van der Waals surface area contributed by atoms with Crippen molar-refractivity contribution in [3.63, 3.8) is 0 Å². The first kappa shape index (κ1) is 7.16. The van der Waals surface area contributed by atoms with E-state index in [-0.39, 0.29) is 0 Å². The second-order valence-corrected chi connectivity index (χ2v) is 6.38. The van der Waals surface area contributed by atoms with E-state index in [1.807, 2.05) is 0 Å². The fraction of sp³-hybridized carbons (Fsp3) is 0. The molecule has 0 bridgehead atoms. The van der Waals surface area contributed by atoms with Gasteiger partial charge in [0.1, 0.15) is 0 Å². The van der Waals surface area contributed by atoms with Crippen LogP contribution in [0.3, 0.4) is 0 Å². The summed E-state index contributed by atoms with van der Waals surface area (Å²) in [6.07, 6.45) is 0. The maximum absolute atomic E-state index is 5.01. The summed E-state index contributed by atoms with van der Waals surface area (Å²) in [6, 6.07) is 0. The Balaban J connectivity index is 4.68. The fourth-order valence-corrected chi connectivity index (χ4v) is 4.05. The van der Waals surface area contributed by atoms with E-state index in [2.05, 4.69) is 11.2 Å². The molecule has 0 nitrogen and oxygen atoms in total. The third-order valence-electron chi connectivity index (χ3n) is 0.0948. The maximum atomic E-state index is 5.01. The van der Waals surface area contributed by atoms with E-state index >= 15 is 0 Å². The zero-order valence-electron chi connectivity index (χ0n) is 2.62. The Hall–Kier alpha value is 1.16. The van der Waals surface area contributed by atoms with Crippen molar-refractivity contribution in [1.29, 1.82) is 0 Å². The van der Waals surface area contributed by atoms with Gasteiger partial charge in [-0.1, -0.05) is 0 Å². The van der Waals surface area contributed by atoms with Crippen molar-refractivity contribution in [1.82, 2.24) is 0 Å². The van der Waals surface area contributed by atoms with Crippen molar-refractivity contribution in [3.8, 4) is 0 Å². The van der Waals surface area contributed by atoms with Crippen LogP contribution in [0.5, 0.6) is 0 Å². The Morgan fingerprint density at radius 1 is 1.33 bits per heavy atom. The van der Waals surface area contributed by atoms with Crippen LogP contribution in [0, 0.1) is 0 Å². The summed E-state index contributed by atoms with van der Waals surface area (Å²) in [4.78, 5) is 0. The Morgan fingerprint density at radius 2 is 2.00 bits per heavy atom. The minimum atomic E-state index is 1.22. The second kappa shape index (κ2) is 6.16. The summed E-state index contributed by atoms with van der Waals surface area (Å²) in [6.45, 7) is 5.01. The predicted octanol–water partition coefficient (Wildman–Crippen LogP) is -0.393. The molecule has 33 valence electrons. The number of hydrogen-bond acceptors (Lipinski definition) is 1. The van der Waals surface area contributed by atoms with Gasteiger partial charge in [0.2, 0.25) is 0 Å². The van der Waals surface area contributed by atoms with Crippen molar-refractivity contribution in [2.24, 2.45) is 0 Å². The first-order valence-electron chi connectivity index (χ1n) is 0.902. The molecular formula is BS5. The molecule has 0 aromatic carbocycles. The van der Waals surface area contributed by atoms with Crippen LogP contribution >= 0.6 is 0 Å². The fourth-order valence-electron chi connectivity index (χ4n) is 0.0274. The molecule has 0 atom stereocenters. The molecule has 0 rings (SSSR count). The van der Waals surface area contributed by atoms with Gasteiger partial charge in [-0.05, 0) is 0 Å². The zero-order valence-corrected chi connectivity index (χ0v) is 6.70. The summed E-state index contributed by atoms with van der Waals surface area (Å²) in [5.41, 5.74) is 0. The van der Waals surface area contributed by atoms with Crippen LogP contribution in [-0.2, 0) is 47.6 Å². The molecule has 0 unspecified atom stereocenters. The van der Waals surface area contributed by atoms with Crippen molar-refractivity contribution in [2.75, 3.05) is 0 Å². The summed E-state index contributed by atoms with van der Waals surface area (Å²) in [7, 11) is 5.48. The molecule has 6 heavy (non-hydrogen) atoms. The molecule has 0 amide bonds. The Bertz CT molecular complexity index is 136. The van der Waals surface area contributed by atoms with Crippen LogP contribution in [0.1, 0.15) is 0 Å². The second-order valence-electron chi connectivity index (χ2n) is 0.300. The third-order valence-corrected chi connectivity index (χ3v) is 5.56. The number of hydrogen-bond donors (Lipinski definition) is 0. The Morgan fingerprint density at radius 3 is 2.17 bits per heavy atom. The summed E-state index contributed by atoms with van der Waals surface area (Å²) < 4.78 is 0. The number of rotatable bonds is 0. The zero-order chi connectivity index (χ0) is 4.83. The monoisotopic (exact) mass is 171 g/mol. The van der Waals surface area contributed by atoms with E-state index in [1.165, 1.54) is 36.4 Å². The molecule has 0 N–H and O–H groups in total. The molecule has 0 fully saturated rings. The molecule has 0 aliphatic carbocycles. The van der Waals surface area contributed by atoms with Gasteiger partial charge in [0.05, 0.1) is 0 Å². The quantitative estimate of drug-likeness (QED) is 0.447. The van der Waals surface area contributed by atoms with Crippen molar-refractivity contribution >= 4 is 54.3 Å². The van der Waals surface area contributed by atoms with E-state index in [1.54, 1.807) is 0 Å². The molecule has 1 radical (unpaired) electrons. The molecule has 0 aliphatic rings. The molecule has 0 saturated carbocycles. The normalized spacial score (nSPS) is 5.83. The van der Waals surface area contributed by atoms with Crippen LogP contribution in [0.4, 0.5) is 0 Å². The van der Waals surface area contributed by atoms with Crippen LogP contribution in [0.25, 0.3) is 0 Å². The van der Waals surface area contributed by atoms with Crippen LogP contribution in [0.15, 0.2) is 0 Å². The van der Waals surface area contributed by atoms with Gasteiger partial charge < -0.3 is 0 Å². The average Bonchev–Trinajstić information content (AvgIpc) is 1.61. The van der Waals surface area contributed by atoms with E-state index < -0.39 is 0 Å². The van der Waals surface area contributed by atoms with Crippen molar-refractivity contribution in [2.45, 2.75) is 0 Å². The first-order chi connectivity index (χ1) is 2.91. The molecule has 0 saturated heterocycles. The Labute approximate surface area is 54.1 Å². The van der Waals surface area contributed by atoms with Gasteiger partial charge in [0, 0.05) is 0 Å². The minimum absolute atomic E-state index is 1.22. The van der Waals surface area contributed by atoms with Gasteiger partial charge in [0.15, 0.2) is 0 Å². The first-order valence-corrected chi connectivity index (χ1v) is 6.71. The molecule has 0 heterocycles. The third kappa shape index (κ3) is 5.16. The molecular weight excluding hydrogens is 171 g/mol. The van der Waals surface area contributed by atoms with E-state index in [0.717, 1.165) is 0 Å². The molecule has 0 aromatic rings. The average molecular weight is 171 g/mol. The van der Waals surface area contributed by atoms with Gasteiger partial charge >= 0.3 is 54.3 Å². The molecule has 0 aromatic heterocycles. The standard InChI is InChI=1S/BS5/c1-3-5-6-4-2. The van der Waals surface area contributed by atoms with Gasteiger partial charge in [-0.25, -0.2) is 0 Å². The summed E-state index contributed by atoms with van der Waals surface area (Å²) >= 11 is 4.51. The molecule has 6 heteroatoms.